The van der Waals surface area contributed by atoms with Crippen molar-refractivity contribution >= 4 is 6.03 Å². The number of carbonyl (C=O) groups is 1. The zero-order valence-corrected chi connectivity index (χ0v) is 12.3. The highest BCUT2D eigenvalue weighted by Crippen LogP contribution is 2.18. The van der Waals surface area contributed by atoms with Crippen LogP contribution in [0.1, 0.15) is 26.2 Å². The minimum Gasteiger partial charge on any atom is -0.497 e. The first-order valence-corrected chi connectivity index (χ1v) is 7.04. The summed E-state index contributed by atoms with van der Waals surface area (Å²) in [6.07, 6.45) is 3.31. The summed E-state index contributed by atoms with van der Waals surface area (Å²) in [5.74, 6) is 1.48. The number of hydrogen-bond acceptors (Lipinski definition) is 3. The van der Waals surface area contributed by atoms with Crippen LogP contribution >= 0.6 is 0 Å². The van der Waals surface area contributed by atoms with E-state index in [9.17, 15) is 4.79 Å². The number of benzene rings is 1. The second-order valence-electron chi connectivity index (χ2n) is 4.42. The maximum absolute atomic E-state index is 11.4. The van der Waals surface area contributed by atoms with Gasteiger partial charge in [0.15, 0.2) is 0 Å². The van der Waals surface area contributed by atoms with Gasteiger partial charge >= 0.3 is 6.03 Å². The van der Waals surface area contributed by atoms with Gasteiger partial charge in [0, 0.05) is 12.6 Å². The first kappa shape index (κ1) is 16.1. The molecule has 0 fully saturated rings. The number of hydrogen-bond donors (Lipinski definition) is 2. The number of unbranched alkanes of at least 4 members (excludes halogenated alkanes) is 2. The number of amides is 2. The Balaban J connectivity index is 2.10. The Hall–Kier alpha value is -1.91. The highest BCUT2D eigenvalue weighted by molar-refractivity contribution is 5.73. The normalized spacial score (nSPS) is 9.90. The molecule has 20 heavy (non-hydrogen) atoms. The van der Waals surface area contributed by atoms with Crippen molar-refractivity contribution in [2.24, 2.45) is 0 Å². The van der Waals surface area contributed by atoms with Gasteiger partial charge in [0.2, 0.25) is 0 Å². The van der Waals surface area contributed by atoms with Gasteiger partial charge in [-0.15, -0.1) is 0 Å². The van der Waals surface area contributed by atoms with Gasteiger partial charge in [-0.2, -0.15) is 0 Å². The van der Waals surface area contributed by atoms with E-state index in [4.69, 9.17) is 9.47 Å². The Bertz CT molecular complexity index is 396. The van der Waals surface area contributed by atoms with Gasteiger partial charge in [0.1, 0.15) is 18.1 Å². The highest BCUT2D eigenvalue weighted by atomic mass is 16.5. The zero-order valence-electron chi connectivity index (χ0n) is 12.3. The van der Waals surface area contributed by atoms with Gasteiger partial charge in [-0.05, 0) is 18.6 Å². The molecule has 1 aromatic carbocycles. The third kappa shape index (κ3) is 6.87. The summed E-state index contributed by atoms with van der Waals surface area (Å²) in [5, 5.41) is 5.56. The molecule has 0 aliphatic heterocycles. The molecule has 0 spiro atoms. The lowest BCUT2D eigenvalue weighted by Gasteiger charge is -2.09. The highest BCUT2D eigenvalue weighted by Gasteiger charge is 1.99. The van der Waals surface area contributed by atoms with Crippen LogP contribution in [0.3, 0.4) is 0 Å². The summed E-state index contributed by atoms with van der Waals surface area (Å²) in [6.45, 7) is 3.75. The Morgan fingerprint density at radius 1 is 1.15 bits per heavy atom. The van der Waals surface area contributed by atoms with Crippen LogP contribution in [0.5, 0.6) is 11.5 Å². The van der Waals surface area contributed by atoms with Crippen LogP contribution in [0.25, 0.3) is 0 Å². The molecule has 112 valence electrons. The van der Waals surface area contributed by atoms with Crippen LogP contribution in [-0.4, -0.2) is 32.8 Å². The summed E-state index contributed by atoms with van der Waals surface area (Å²) in [7, 11) is 1.61. The van der Waals surface area contributed by atoms with E-state index in [1.54, 1.807) is 7.11 Å². The molecule has 5 heteroatoms. The Morgan fingerprint density at radius 3 is 2.65 bits per heavy atom. The number of ether oxygens (including phenoxy) is 2. The van der Waals surface area contributed by atoms with Crippen LogP contribution in [0.15, 0.2) is 24.3 Å². The van der Waals surface area contributed by atoms with Gasteiger partial charge in [0.05, 0.1) is 13.7 Å². The molecule has 0 radical (unpaired) electrons. The summed E-state index contributed by atoms with van der Waals surface area (Å²) in [4.78, 5) is 11.4. The fourth-order valence-corrected chi connectivity index (χ4v) is 1.66. The van der Waals surface area contributed by atoms with Crippen molar-refractivity contribution in [1.82, 2.24) is 10.6 Å². The van der Waals surface area contributed by atoms with Crippen LogP contribution in [0.4, 0.5) is 4.79 Å². The van der Waals surface area contributed by atoms with E-state index in [1.165, 1.54) is 0 Å². The maximum Gasteiger partial charge on any atom is 0.314 e. The van der Waals surface area contributed by atoms with Crippen molar-refractivity contribution in [1.29, 1.82) is 0 Å². The zero-order chi connectivity index (χ0) is 14.6. The number of nitrogens with one attached hydrogen (secondary N) is 2. The predicted octanol–water partition coefficient (Wildman–Crippen LogP) is 2.56. The minimum atomic E-state index is -0.143. The van der Waals surface area contributed by atoms with Crippen LogP contribution in [0, 0.1) is 0 Å². The molecular formula is C15H24N2O3. The fourth-order valence-electron chi connectivity index (χ4n) is 1.66. The van der Waals surface area contributed by atoms with Crippen molar-refractivity contribution in [3.63, 3.8) is 0 Å². The van der Waals surface area contributed by atoms with Crippen molar-refractivity contribution < 1.29 is 14.3 Å². The summed E-state index contributed by atoms with van der Waals surface area (Å²) in [5.41, 5.74) is 0. The van der Waals surface area contributed by atoms with E-state index >= 15 is 0 Å². The van der Waals surface area contributed by atoms with Crippen LogP contribution in [-0.2, 0) is 0 Å². The van der Waals surface area contributed by atoms with Gasteiger partial charge in [-0.1, -0.05) is 25.8 Å². The number of rotatable bonds is 9. The number of methoxy groups -OCH3 is 1. The summed E-state index contributed by atoms with van der Waals surface area (Å²) >= 11 is 0. The second kappa shape index (κ2) is 9.95. The molecular weight excluding hydrogens is 256 g/mol. The van der Waals surface area contributed by atoms with Gasteiger partial charge in [-0.3, -0.25) is 0 Å². The first-order chi connectivity index (χ1) is 9.76. The number of carbonyl (C=O) groups excluding carboxylic acids is 1. The van der Waals surface area contributed by atoms with Crippen molar-refractivity contribution in [3.8, 4) is 11.5 Å². The quantitative estimate of drug-likeness (QED) is 0.683. The summed E-state index contributed by atoms with van der Waals surface area (Å²) in [6, 6.07) is 7.24. The average molecular weight is 280 g/mol. The lowest BCUT2D eigenvalue weighted by molar-refractivity contribution is 0.236. The molecule has 0 atom stereocenters. The monoisotopic (exact) mass is 280 g/mol. The molecule has 2 amide bonds. The van der Waals surface area contributed by atoms with Gasteiger partial charge in [0.25, 0.3) is 0 Å². The predicted molar refractivity (Wildman–Crippen MR) is 79.4 cm³/mol. The molecule has 0 aliphatic rings. The standard InChI is InChI=1S/C15H24N2O3/c1-3-4-5-9-16-15(18)17-10-11-20-14-8-6-7-13(12-14)19-2/h6-8,12H,3-5,9-11H2,1-2H3,(H2,16,17,18). The lowest BCUT2D eigenvalue weighted by Crippen LogP contribution is -2.38. The maximum atomic E-state index is 11.4. The molecule has 0 aromatic heterocycles. The van der Waals surface area contributed by atoms with Crippen molar-refractivity contribution in [2.75, 3.05) is 26.8 Å². The topological polar surface area (TPSA) is 59.6 Å². The van der Waals surface area contributed by atoms with E-state index in [-0.39, 0.29) is 6.03 Å². The molecule has 0 saturated carbocycles. The minimum absolute atomic E-state index is 0.143. The molecule has 0 saturated heterocycles. The van der Waals surface area contributed by atoms with Crippen LogP contribution in [0.2, 0.25) is 0 Å². The first-order valence-electron chi connectivity index (χ1n) is 7.04. The Labute approximate surface area is 120 Å². The average Bonchev–Trinajstić information content (AvgIpc) is 2.48. The molecule has 0 heterocycles. The van der Waals surface area contributed by atoms with Crippen molar-refractivity contribution in [3.05, 3.63) is 24.3 Å². The number of urea groups is 1. The molecule has 1 rings (SSSR count). The molecule has 0 bridgehead atoms. The smallest absolute Gasteiger partial charge is 0.314 e. The second-order valence-corrected chi connectivity index (χ2v) is 4.42. The lowest BCUT2D eigenvalue weighted by atomic mass is 10.2. The molecule has 1 aromatic rings. The van der Waals surface area contributed by atoms with E-state index in [2.05, 4.69) is 17.6 Å². The SMILES string of the molecule is CCCCCNC(=O)NCCOc1cccc(OC)c1. The summed E-state index contributed by atoms with van der Waals surface area (Å²) < 4.78 is 10.6. The van der Waals surface area contributed by atoms with Crippen molar-refractivity contribution in [2.45, 2.75) is 26.2 Å². The third-order valence-corrected chi connectivity index (χ3v) is 2.76. The fraction of sp³-hybridized carbons (Fsp3) is 0.533. The van der Waals surface area contributed by atoms with E-state index in [0.717, 1.165) is 37.3 Å². The van der Waals surface area contributed by atoms with Crippen LogP contribution < -0.4 is 20.1 Å². The van der Waals surface area contributed by atoms with Gasteiger partial charge in [-0.25, -0.2) is 4.79 Å². The molecule has 2 N–H and O–H groups in total. The van der Waals surface area contributed by atoms with E-state index < -0.39 is 0 Å². The molecule has 5 nitrogen and oxygen atoms in total. The van der Waals surface area contributed by atoms with E-state index in [1.807, 2.05) is 24.3 Å². The molecule has 0 unspecified atom stereocenters. The van der Waals surface area contributed by atoms with E-state index in [0.29, 0.717) is 13.2 Å². The molecule has 0 aliphatic carbocycles. The third-order valence-electron chi connectivity index (χ3n) is 2.76. The largest absolute Gasteiger partial charge is 0.497 e. The van der Waals surface area contributed by atoms with Gasteiger partial charge < -0.3 is 20.1 Å². The Kier molecular flexibility index (Phi) is 8.03. The Morgan fingerprint density at radius 2 is 1.90 bits per heavy atom.